The average molecular weight is 412 g/mol. The van der Waals surface area contributed by atoms with Crippen molar-refractivity contribution in [3.05, 3.63) is 53.9 Å². The second-order valence-corrected chi connectivity index (χ2v) is 7.79. The van der Waals surface area contributed by atoms with Crippen LogP contribution in [0.25, 0.3) is 0 Å². The zero-order valence-electron chi connectivity index (χ0n) is 17.8. The Morgan fingerprint density at radius 1 is 1.03 bits per heavy atom. The molecule has 2 aliphatic heterocycles. The van der Waals surface area contributed by atoms with Gasteiger partial charge in [-0.2, -0.15) is 0 Å². The van der Waals surface area contributed by atoms with Gasteiger partial charge < -0.3 is 19.1 Å². The number of β-lactam (4-membered cyclic amide) rings is 1. The third-order valence-corrected chi connectivity index (χ3v) is 6.21. The molecule has 2 saturated heterocycles. The molecule has 0 aliphatic carbocycles. The summed E-state index contributed by atoms with van der Waals surface area (Å²) in [7, 11) is 4.94. The number of benzene rings is 1. The molecule has 2 aromatic rings. The Kier molecular flexibility index (Phi) is 6.20. The van der Waals surface area contributed by atoms with Gasteiger partial charge in [-0.05, 0) is 36.6 Å². The highest BCUT2D eigenvalue weighted by Gasteiger charge is 2.51. The van der Waals surface area contributed by atoms with Gasteiger partial charge in [0.1, 0.15) is 0 Å². The SMILES string of the molecule is COc1cccc(CN2CCC(N3C(=O)[C@H](OC)[C@@H]3c3ccncc3)CC2)c1OC. The van der Waals surface area contributed by atoms with Gasteiger partial charge in [0.25, 0.3) is 5.91 Å². The fourth-order valence-electron chi connectivity index (χ4n) is 4.69. The van der Waals surface area contributed by atoms with E-state index in [0.717, 1.165) is 55.1 Å². The lowest BCUT2D eigenvalue weighted by Gasteiger charge is -2.52. The van der Waals surface area contributed by atoms with E-state index < -0.39 is 6.10 Å². The number of hydrogen-bond acceptors (Lipinski definition) is 6. The lowest BCUT2D eigenvalue weighted by Crippen LogP contribution is -2.64. The first-order valence-electron chi connectivity index (χ1n) is 10.3. The van der Waals surface area contributed by atoms with Gasteiger partial charge >= 0.3 is 0 Å². The molecule has 3 heterocycles. The van der Waals surface area contributed by atoms with Gasteiger partial charge in [0.05, 0.1) is 20.3 Å². The number of carbonyl (C=O) groups excluding carboxylic acids is 1. The van der Waals surface area contributed by atoms with Crippen LogP contribution in [0.5, 0.6) is 11.5 Å². The summed E-state index contributed by atoms with van der Waals surface area (Å²) in [6.45, 7) is 2.65. The van der Waals surface area contributed by atoms with Gasteiger partial charge in [-0.3, -0.25) is 14.7 Å². The molecule has 0 saturated carbocycles. The molecule has 160 valence electrons. The van der Waals surface area contributed by atoms with E-state index in [9.17, 15) is 4.79 Å². The minimum Gasteiger partial charge on any atom is -0.493 e. The van der Waals surface area contributed by atoms with E-state index >= 15 is 0 Å². The Balaban J connectivity index is 1.42. The minimum absolute atomic E-state index is 0.0273. The zero-order valence-corrected chi connectivity index (χ0v) is 17.8. The zero-order chi connectivity index (χ0) is 21.1. The lowest BCUT2D eigenvalue weighted by molar-refractivity contribution is -0.178. The van der Waals surface area contributed by atoms with Crippen LogP contribution in [-0.4, -0.2) is 67.3 Å². The second kappa shape index (κ2) is 9.02. The summed E-state index contributed by atoms with van der Waals surface area (Å²) in [5.41, 5.74) is 2.20. The maximum absolute atomic E-state index is 12.7. The number of para-hydroxylation sites is 1. The molecule has 4 rings (SSSR count). The molecule has 0 bridgehead atoms. The lowest BCUT2D eigenvalue weighted by atomic mass is 9.86. The summed E-state index contributed by atoms with van der Waals surface area (Å²) in [6, 6.07) is 10.1. The van der Waals surface area contributed by atoms with Crippen LogP contribution in [0, 0.1) is 0 Å². The predicted molar refractivity (Wildman–Crippen MR) is 112 cm³/mol. The molecule has 2 fully saturated rings. The average Bonchev–Trinajstić information content (AvgIpc) is 2.79. The Bertz CT molecular complexity index is 868. The van der Waals surface area contributed by atoms with Crippen LogP contribution in [-0.2, 0) is 16.1 Å². The van der Waals surface area contributed by atoms with Gasteiger partial charge in [0.15, 0.2) is 17.6 Å². The van der Waals surface area contributed by atoms with Gasteiger partial charge in [-0.1, -0.05) is 12.1 Å². The van der Waals surface area contributed by atoms with Crippen molar-refractivity contribution >= 4 is 5.91 Å². The first kappa shape index (κ1) is 20.6. The first-order chi connectivity index (χ1) is 14.7. The highest BCUT2D eigenvalue weighted by Crippen LogP contribution is 2.41. The number of methoxy groups -OCH3 is 3. The van der Waals surface area contributed by atoms with Gasteiger partial charge in [0.2, 0.25) is 0 Å². The van der Waals surface area contributed by atoms with E-state index in [2.05, 4.69) is 16.0 Å². The van der Waals surface area contributed by atoms with Crippen molar-refractivity contribution in [2.75, 3.05) is 34.4 Å². The van der Waals surface area contributed by atoms with Crippen LogP contribution in [0.1, 0.15) is 30.0 Å². The largest absolute Gasteiger partial charge is 0.493 e. The van der Waals surface area contributed by atoms with Crippen molar-refractivity contribution in [1.29, 1.82) is 0 Å². The quantitative estimate of drug-likeness (QED) is 0.653. The standard InChI is InChI=1S/C23H29N3O4/c1-28-19-6-4-5-17(21(19)29-2)15-25-13-9-18(10-14-25)26-20(22(30-3)23(26)27)16-7-11-24-12-8-16/h4-8,11-12,18,20,22H,9-10,13-15H2,1-3H3/t20-,22+/m0/s1. The monoisotopic (exact) mass is 411 g/mol. The van der Waals surface area contributed by atoms with E-state index in [0.29, 0.717) is 0 Å². The van der Waals surface area contributed by atoms with Crippen LogP contribution in [0.15, 0.2) is 42.7 Å². The molecular weight excluding hydrogens is 382 g/mol. The van der Waals surface area contributed by atoms with Crippen molar-refractivity contribution in [2.24, 2.45) is 0 Å². The number of ether oxygens (including phenoxy) is 3. The van der Waals surface area contributed by atoms with Crippen LogP contribution < -0.4 is 9.47 Å². The van der Waals surface area contributed by atoms with Crippen molar-refractivity contribution in [3.8, 4) is 11.5 Å². The van der Waals surface area contributed by atoms with Crippen LogP contribution >= 0.6 is 0 Å². The summed E-state index contributed by atoms with van der Waals surface area (Å²) in [5, 5.41) is 0. The number of pyridine rings is 1. The maximum Gasteiger partial charge on any atom is 0.255 e. The summed E-state index contributed by atoms with van der Waals surface area (Å²) < 4.78 is 16.5. The van der Waals surface area contributed by atoms with Crippen LogP contribution in [0.2, 0.25) is 0 Å². The highest BCUT2D eigenvalue weighted by atomic mass is 16.5. The molecule has 7 heteroatoms. The van der Waals surface area contributed by atoms with Crippen molar-refractivity contribution in [1.82, 2.24) is 14.8 Å². The highest BCUT2D eigenvalue weighted by molar-refractivity contribution is 5.89. The van der Waals surface area contributed by atoms with E-state index in [4.69, 9.17) is 14.2 Å². The summed E-state index contributed by atoms with van der Waals surface area (Å²) in [4.78, 5) is 21.3. The molecule has 0 spiro atoms. The fraction of sp³-hybridized carbons (Fsp3) is 0.478. The molecule has 1 aromatic heterocycles. The Labute approximate surface area is 177 Å². The molecule has 7 nitrogen and oxygen atoms in total. The van der Waals surface area contributed by atoms with Crippen LogP contribution in [0.4, 0.5) is 0 Å². The summed E-state index contributed by atoms with van der Waals surface area (Å²) >= 11 is 0. The summed E-state index contributed by atoms with van der Waals surface area (Å²) in [5.74, 6) is 1.63. The van der Waals surface area contributed by atoms with Crippen LogP contribution in [0.3, 0.4) is 0 Å². The molecule has 2 aliphatic rings. The van der Waals surface area contributed by atoms with E-state index in [-0.39, 0.29) is 18.0 Å². The number of nitrogens with zero attached hydrogens (tertiary/aromatic N) is 3. The number of carbonyl (C=O) groups is 1. The van der Waals surface area contributed by atoms with Gasteiger partial charge in [-0.25, -0.2) is 0 Å². The third-order valence-electron chi connectivity index (χ3n) is 6.21. The number of aromatic nitrogens is 1. The summed E-state index contributed by atoms with van der Waals surface area (Å²) in [6.07, 6.45) is 5.03. The Morgan fingerprint density at radius 3 is 2.40 bits per heavy atom. The molecule has 1 amide bonds. The number of rotatable bonds is 7. The molecular formula is C23H29N3O4. The Morgan fingerprint density at radius 2 is 1.77 bits per heavy atom. The van der Waals surface area contributed by atoms with Crippen molar-refractivity contribution in [2.45, 2.75) is 37.6 Å². The third kappa shape index (κ3) is 3.75. The van der Waals surface area contributed by atoms with E-state index in [1.807, 2.05) is 29.2 Å². The van der Waals surface area contributed by atoms with Gasteiger partial charge in [-0.15, -0.1) is 0 Å². The second-order valence-electron chi connectivity index (χ2n) is 7.79. The molecule has 0 radical (unpaired) electrons. The molecule has 2 atom stereocenters. The van der Waals surface area contributed by atoms with Crippen molar-refractivity contribution < 1.29 is 19.0 Å². The predicted octanol–water partition coefficient (Wildman–Crippen LogP) is 2.66. The minimum atomic E-state index is -0.397. The fourth-order valence-corrected chi connectivity index (χ4v) is 4.69. The topological polar surface area (TPSA) is 64.1 Å². The molecule has 0 unspecified atom stereocenters. The maximum atomic E-state index is 12.7. The number of likely N-dealkylation sites (tertiary alicyclic amines) is 2. The first-order valence-corrected chi connectivity index (χ1v) is 10.3. The number of piperidine rings is 1. The van der Waals surface area contributed by atoms with Crippen molar-refractivity contribution in [3.63, 3.8) is 0 Å². The molecule has 1 aromatic carbocycles. The van der Waals surface area contributed by atoms with E-state index in [1.165, 1.54) is 0 Å². The van der Waals surface area contributed by atoms with Gasteiger partial charge in [0, 0.05) is 50.7 Å². The number of amides is 1. The number of hydrogen-bond donors (Lipinski definition) is 0. The van der Waals surface area contributed by atoms with E-state index in [1.54, 1.807) is 33.7 Å². The Hall–Kier alpha value is -2.64. The molecule has 0 N–H and O–H groups in total. The smallest absolute Gasteiger partial charge is 0.255 e. The normalized spacial score (nSPS) is 22.6. The molecule has 30 heavy (non-hydrogen) atoms.